The minimum Gasteiger partial charge on any atom is -0.465 e. The second-order valence-corrected chi connectivity index (χ2v) is 9.64. The van der Waals surface area contributed by atoms with E-state index in [1.807, 2.05) is 48.0 Å². The first kappa shape index (κ1) is 31.6. The van der Waals surface area contributed by atoms with Gasteiger partial charge in [0.25, 0.3) is 0 Å². The lowest BCUT2D eigenvalue weighted by Crippen LogP contribution is -2.32. The van der Waals surface area contributed by atoms with Gasteiger partial charge in [-0.2, -0.15) is 0 Å². The van der Waals surface area contributed by atoms with Crippen LogP contribution in [-0.2, 0) is 27.2 Å². The van der Waals surface area contributed by atoms with Gasteiger partial charge in [0.15, 0.2) is 0 Å². The van der Waals surface area contributed by atoms with Crippen LogP contribution in [0.4, 0.5) is 10.5 Å². The fraction of sp³-hybridized carbons (Fsp3) is 0.448. The highest BCUT2D eigenvalue weighted by Gasteiger charge is 2.31. The van der Waals surface area contributed by atoms with Crippen molar-refractivity contribution in [2.24, 2.45) is 0 Å². The predicted octanol–water partition coefficient (Wildman–Crippen LogP) is 4.46. The number of allylic oxidation sites excluding steroid dienone is 4. The fourth-order valence-electron chi connectivity index (χ4n) is 4.46. The van der Waals surface area contributed by atoms with Gasteiger partial charge in [-0.3, -0.25) is 14.5 Å². The molecule has 2 N–H and O–H groups in total. The lowest BCUT2D eigenvalue weighted by molar-refractivity contribution is -0.109. The molecule has 0 unspecified atom stereocenters. The summed E-state index contributed by atoms with van der Waals surface area (Å²) in [4.78, 5) is 50.1. The molecule has 1 aromatic carbocycles. The van der Waals surface area contributed by atoms with E-state index in [2.05, 4.69) is 12.2 Å². The van der Waals surface area contributed by atoms with E-state index in [-0.39, 0.29) is 19.0 Å². The first-order valence-electron chi connectivity index (χ1n) is 13.2. The quantitative estimate of drug-likeness (QED) is 0.118. The molecule has 0 radical (unpaired) electrons. The first-order chi connectivity index (χ1) is 18.8. The molecule has 1 fully saturated rings. The summed E-state index contributed by atoms with van der Waals surface area (Å²) in [5.41, 5.74) is 4.18. The van der Waals surface area contributed by atoms with Gasteiger partial charge in [0, 0.05) is 56.7 Å². The van der Waals surface area contributed by atoms with Gasteiger partial charge in [0.2, 0.25) is 6.41 Å². The highest BCUT2D eigenvalue weighted by molar-refractivity contribution is 6.32. The third-order valence-electron chi connectivity index (χ3n) is 6.63. The summed E-state index contributed by atoms with van der Waals surface area (Å²) < 4.78 is 0. The lowest BCUT2D eigenvalue weighted by atomic mass is 10.0. The van der Waals surface area contributed by atoms with Crippen LogP contribution in [0.15, 0.2) is 53.0 Å². The molecular weight excluding hydrogens is 520 g/mol. The van der Waals surface area contributed by atoms with Crippen LogP contribution in [0.3, 0.4) is 0 Å². The third kappa shape index (κ3) is 9.28. The molecule has 2 amide bonds. The zero-order valence-electron chi connectivity index (χ0n) is 22.9. The maximum Gasteiger partial charge on any atom is 0.411 e. The molecular formula is C29H39ClN4O5. The fourth-order valence-corrected chi connectivity index (χ4v) is 4.89. The second-order valence-electron chi connectivity index (χ2n) is 9.26. The average Bonchev–Trinajstić information content (AvgIpc) is 3.77. The molecule has 39 heavy (non-hydrogen) atoms. The summed E-state index contributed by atoms with van der Waals surface area (Å²) in [6, 6.07) is 5.91. The van der Waals surface area contributed by atoms with Gasteiger partial charge in [0.1, 0.15) is 12.6 Å². The van der Waals surface area contributed by atoms with Crippen LogP contribution in [0, 0.1) is 0 Å². The molecule has 0 aliphatic heterocycles. The van der Waals surface area contributed by atoms with Crippen molar-refractivity contribution in [1.82, 2.24) is 15.1 Å². The Hall–Kier alpha value is -3.59. The molecule has 9 nitrogen and oxygen atoms in total. The van der Waals surface area contributed by atoms with E-state index in [0.717, 1.165) is 42.4 Å². The number of halogens is 1. The normalized spacial score (nSPS) is 14.0. The van der Waals surface area contributed by atoms with Crippen molar-refractivity contribution in [1.29, 1.82) is 0 Å². The summed E-state index contributed by atoms with van der Waals surface area (Å²) in [5, 5.41) is 12.8. The lowest BCUT2D eigenvalue weighted by Gasteiger charge is -2.28. The van der Waals surface area contributed by atoms with Crippen LogP contribution in [0.25, 0.3) is 0 Å². The van der Waals surface area contributed by atoms with Crippen LogP contribution in [-0.4, -0.2) is 72.7 Å². The molecule has 2 rings (SSSR count). The minimum atomic E-state index is -1.05. The van der Waals surface area contributed by atoms with E-state index in [9.17, 15) is 24.3 Å². The Labute approximate surface area is 235 Å². The highest BCUT2D eigenvalue weighted by Crippen LogP contribution is 2.35. The molecule has 1 saturated carbocycles. The van der Waals surface area contributed by atoms with Crippen LogP contribution in [0.5, 0.6) is 0 Å². The van der Waals surface area contributed by atoms with Crippen molar-refractivity contribution in [3.05, 3.63) is 64.1 Å². The van der Waals surface area contributed by atoms with Gasteiger partial charge in [-0.05, 0) is 68.4 Å². The Morgan fingerprint density at radius 1 is 1.18 bits per heavy atom. The monoisotopic (exact) mass is 558 g/mol. The molecule has 10 heteroatoms. The summed E-state index contributed by atoms with van der Waals surface area (Å²) in [7, 11) is 1.93. The summed E-state index contributed by atoms with van der Waals surface area (Å²) >= 11 is 6.89. The third-order valence-corrected chi connectivity index (χ3v) is 7.04. The zero-order valence-corrected chi connectivity index (χ0v) is 23.7. The molecule has 0 heterocycles. The van der Waals surface area contributed by atoms with Crippen LogP contribution in [0.1, 0.15) is 50.7 Å². The largest absolute Gasteiger partial charge is 0.465 e. The summed E-state index contributed by atoms with van der Waals surface area (Å²) in [6.45, 7) is 5.21. The molecule has 0 aromatic heterocycles. The summed E-state index contributed by atoms with van der Waals surface area (Å²) in [6.07, 6.45) is 10.1. The number of anilines is 1. The van der Waals surface area contributed by atoms with E-state index in [0.29, 0.717) is 55.0 Å². The number of benzene rings is 1. The smallest absolute Gasteiger partial charge is 0.411 e. The van der Waals surface area contributed by atoms with Gasteiger partial charge in [-0.1, -0.05) is 30.7 Å². The van der Waals surface area contributed by atoms with Crippen molar-refractivity contribution < 1.29 is 24.3 Å². The molecule has 1 aliphatic carbocycles. The van der Waals surface area contributed by atoms with Crippen LogP contribution >= 0.6 is 11.6 Å². The second kappa shape index (κ2) is 16.4. The number of likely N-dealkylation sites (N-methyl/N-ethyl adjacent to an activating group) is 1. The van der Waals surface area contributed by atoms with Gasteiger partial charge >= 0.3 is 6.09 Å². The zero-order chi connectivity index (χ0) is 28.8. The number of aryl methyl sites for hydroxylation is 1. The number of carboxylic acid groups (broad SMARTS) is 1. The first-order valence-corrected chi connectivity index (χ1v) is 13.6. The van der Waals surface area contributed by atoms with E-state index in [1.54, 1.807) is 6.20 Å². The minimum absolute atomic E-state index is 0.124. The van der Waals surface area contributed by atoms with Crippen molar-refractivity contribution >= 4 is 42.4 Å². The van der Waals surface area contributed by atoms with Crippen molar-refractivity contribution in [3.63, 3.8) is 0 Å². The topological polar surface area (TPSA) is 110 Å². The number of carbonyl (C=O) groups is 4. The number of aldehydes is 2. The molecule has 0 saturated heterocycles. The molecule has 0 bridgehead atoms. The Morgan fingerprint density at radius 2 is 1.92 bits per heavy atom. The number of amides is 2. The number of hydrogen-bond acceptors (Lipinski definition) is 6. The average molecular weight is 559 g/mol. The number of nitrogens with zero attached hydrogens (tertiary/aromatic N) is 3. The number of carbonyl (C=O) groups excluding carboxylic acids is 3. The van der Waals surface area contributed by atoms with Crippen molar-refractivity contribution in [2.45, 2.75) is 58.4 Å². The van der Waals surface area contributed by atoms with Gasteiger partial charge in [-0.25, -0.2) is 4.79 Å². The SMILES string of the molecule is C/C=C(\C(Cl)=C(/CC=O)N(/C=C/C=O)C1CC1)N(C)CCc1cc(N(CCCNC=O)C(=O)O)ccc1CC. The molecule has 0 atom stereocenters. The molecule has 1 aromatic rings. The van der Waals surface area contributed by atoms with Gasteiger partial charge in [0.05, 0.1) is 10.7 Å². The Balaban J connectivity index is 2.27. The molecule has 1 aliphatic rings. The number of hydrogen-bond donors (Lipinski definition) is 2. The Kier molecular flexibility index (Phi) is 13.3. The van der Waals surface area contributed by atoms with Crippen LogP contribution < -0.4 is 10.2 Å². The standard InChI is InChI=1S/C29H39ClN4O5/c1-4-22-8-9-25(34(29(38)39)15-6-14-31-21-37)20-23(22)12-17-32(3)26(5-2)28(30)27(13-19-36)33(16-7-18-35)24-10-11-24/h5,7-9,16,18-21,24H,4,6,10-15,17H2,1-3H3,(H,31,37)(H,38,39)/b16-7+,26-5+,28-27-. The number of rotatable bonds is 18. The van der Waals surface area contributed by atoms with E-state index in [1.165, 1.54) is 11.0 Å². The van der Waals surface area contributed by atoms with E-state index in [4.69, 9.17) is 11.6 Å². The predicted molar refractivity (Wildman–Crippen MR) is 154 cm³/mol. The van der Waals surface area contributed by atoms with E-state index < -0.39 is 6.09 Å². The molecule has 212 valence electrons. The Bertz CT molecular complexity index is 1100. The number of nitrogens with one attached hydrogen (secondary N) is 1. The maximum atomic E-state index is 11.9. The van der Waals surface area contributed by atoms with Crippen molar-refractivity contribution in [3.8, 4) is 0 Å². The van der Waals surface area contributed by atoms with Gasteiger partial charge < -0.3 is 25.0 Å². The summed E-state index contributed by atoms with van der Waals surface area (Å²) in [5.74, 6) is 0. The highest BCUT2D eigenvalue weighted by atomic mass is 35.5. The Morgan fingerprint density at radius 3 is 2.49 bits per heavy atom. The van der Waals surface area contributed by atoms with Gasteiger partial charge in [-0.15, -0.1) is 0 Å². The van der Waals surface area contributed by atoms with Crippen molar-refractivity contribution in [2.75, 3.05) is 31.6 Å². The van der Waals surface area contributed by atoms with Crippen LogP contribution in [0.2, 0.25) is 0 Å². The van der Waals surface area contributed by atoms with E-state index >= 15 is 0 Å². The maximum absolute atomic E-state index is 11.9. The molecule has 0 spiro atoms.